The number of hydrogen-bond acceptors (Lipinski definition) is 4. The third-order valence-electron chi connectivity index (χ3n) is 2.46. The highest BCUT2D eigenvalue weighted by atomic mass is 19.1. The lowest BCUT2D eigenvalue weighted by atomic mass is 10.2. The number of aromatic amines is 1. The van der Waals surface area contributed by atoms with E-state index in [1.807, 2.05) is 4.98 Å². The molecule has 0 amide bonds. The van der Waals surface area contributed by atoms with Crippen LogP contribution in [0.4, 0.5) is 4.39 Å². The number of H-pyrrole nitrogens is 1. The van der Waals surface area contributed by atoms with E-state index in [0.29, 0.717) is 0 Å². The number of alkyl halides is 1. The van der Waals surface area contributed by atoms with E-state index in [9.17, 15) is 14.0 Å². The van der Waals surface area contributed by atoms with Crippen LogP contribution in [0.15, 0.2) is 21.9 Å². The number of rotatable bonds is 2. The molecule has 0 bridgehead atoms. The summed E-state index contributed by atoms with van der Waals surface area (Å²) >= 11 is 0. The van der Waals surface area contributed by atoms with E-state index in [-0.39, 0.29) is 13.0 Å². The molecule has 3 atom stereocenters. The molecule has 1 aliphatic heterocycles. The van der Waals surface area contributed by atoms with Crippen molar-refractivity contribution in [1.29, 1.82) is 0 Å². The minimum atomic E-state index is -1.37. The molecule has 2 heterocycles. The molecule has 1 aromatic heterocycles. The molecule has 1 aliphatic rings. The molecule has 2 N–H and O–H groups in total. The first-order valence-electron chi connectivity index (χ1n) is 4.83. The minimum Gasteiger partial charge on any atom is -0.394 e. The van der Waals surface area contributed by atoms with Gasteiger partial charge in [0.05, 0.1) is 12.7 Å². The molecule has 0 aliphatic carbocycles. The fourth-order valence-electron chi connectivity index (χ4n) is 1.69. The molecule has 2 rings (SSSR count). The summed E-state index contributed by atoms with van der Waals surface area (Å²) in [7, 11) is 0. The Hall–Kier alpha value is -1.47. The monoisotopic (exact) mass is 230 g/mol. The first kappa shape index (κ1) is 11.0. The molecule has 0 spiro atoms. The number of aliphatic hydroxyl groups excluding tert-OH is 1. The van der Waals surface area contributed by atoms with Gasteiger partial charge in [-0.3, -0.25) is 14.3 Å². The lowest BCUT2D eigenvalue weighted by Crippen LogP contribution is -2.34. The molecule has 88 valence electrons. The molecule has 1 aromatic rings. The first-order valence-corrected chi connectivity index (χ1v) is 4.83. The number of aromatic nitrogens is 2. The Morgan fingerprint density at radius 3 is 2.94 bits per heavy atom. The number of ether oxygens (including phenoxy) is 1. The number of nitrogens with one attached hydrogen (secondary N) is 1. The zero-order chi connectivity index (χ0) is 11.7. The van der Waals surface area contributed by atoms with Gasteiger partial charge in [0.2, 0.25) is 0 Å². The van der Waals surface area contributed by atoms with Crippen molar-refractivity contribution in [3.05, 3.63) is 33.1 Å². The number of aliphatic hydroxyl groups is 1. The average Bonchev–Trinajstić information content (AvgIpc) is 2.60. The molecule has 1 unspecified atom stereocenters. The zero-order valence-corrected chi connectivity index (χ0v) is 8.30. The second-order valence-electron chi connectivity index (χ2n) is 3.60. The third-order valence-corrected chi connectivity index (χ3v) is 2.46. The summed E-state index contributed by atoms with van der Waals surface area (Å²) in [5, 5.41) is 8.83. The van der Waals surface area contributed by atoms with Gasteiger partial charge in [-0.1, -0.05) is 0 Å². The summed E-state index contributed by atoms with van der Waals surface area (Å²) in [5.74, 6) is 0. The van der Waals surface area contributed by atoms with E-state index in [1.165, 1.54) is 6.20 Å². The maximum atomic E-state index is 13.5. The maximum absolute atomic E-state index is 13.5. The van der Waals surface area contributed by atoms with Crippen LogP contribution in [0, 0.1) is 0 Å². The standard InChI is InChI=1S/C9H11FN2O4/c10-6-3-5(4-13)16-8(6)12-2-1-7(14)11-9(12)15/h1-2,5-6,8,13H,3-4H2,(H,11,14,15)/t5-,6?,8+/m0/s1. The Labute approximate surface area is 89.3 Å². The fourth-order valence-corrected chi connectivity index (χ4v) is 1.69. The zero-order valence-electron chi connectivity index (χ0n) is 8.30. The highest BCUT2D eigenvalue weighted by Crippen LogP contribution is 2.29. The molecule has 1 fully saturated rings. The van der Waals surface area contributed by atoms with Crippen LogP contribution in [0.3, 0.4) is 0 Å². The van der Waals surface area contributed by atoms with Gasteiger partial charge in [0.15, 0.2) is 6.23 Å². The predicted octanol–water partition coefficient (Wildman–Crippen LogP) is -0.846. The number of halogens is 1. The Bertz CT molecular complexity index is 483. The van der Waals surface area contributed by atoms with Crippen molar-refractivity contribution in [3.8, 4) is 0 Å². The van der Waals surface area contributed by atoms with Crippen molar-refractivity contribution in [2.75, 3.05) is 6.61 Å². The summed E-state index contributed by atoms with van der Waals surface area (Å²) in [4.78, 5) is 24.2. The quantitative estimate of drug-likeness (QED) is 0.693. The van der Waals surface area contributed by atoms with Gasteiger partial charge >= 0.3 is 5.69 Å². The molecule has 0 saturated carbocycles. The predicted molar refractivity (Wildman–Crippen MR) is 51.8 cm³/mol. The molecule has 1 saturated heterocycles. The summed E-state index contributed by atoms with van der Waals surface area (Å²) < 4.78 is 19.6. The Balaban J connectivity index is 2.31. The average molecular weight is 230 g/mol. The SMILES string of the molecule is O=c1ccn([C@@H]2O[C@H](CO)CC2F)c(=O)[nH]1. The number of hydrogen-bond donors (Lipinski definition) is 2. The van der Waals surface area contributed by atoms with Gasteiger partial charge in [-0.15, -0.1) is 0 Å². The Kier molecular flexibility index (Phi) is 2.88. The molecular formula is C9H11FN2O4. The second kappa shape index (κ2) is 4.18. The van der Waals surface area contributed by atoms with Crippen LogP contribution in [0.25, 0.3) is 0 Å². The summed E-state index contributed by atoms with van der Waals surface area (Å²) in [5.41, 5.74) is -1.27. The van der Waals surface area contributed by atoms with E-state index < -0.39 is 29.8 Å². The molecule has 7 heteroatoms. The highest BCUT2D eigenvalue weighted by Gasteiger charge is 2.36. The van der Waals surface area contributed by atoms with Gasteiger partial charge in [0, 0.05) is 18.7 Å². The third kappa shape index (κ3) is 1.91. The summed E-state index contributed by atoms with van der Waals surface area (Å²) in [6.07, 6.45) is -1.86. The molecule has 16 heavy (non-hydrogen) atoms. The molecular weight excluding hydrogens is 219 g/mol. The molecule has 6 nitrogen and oxygen atoms in total. The highest BCUT2D eigenvalue weighted by molar-refractivity contribution is 4.88. The fraction of sp³-hybridized carbons (Fsp3) is 0.556. The molecule has 0 aromatic carbocycles. The number of nitrogens with zero attached hydrogens (tertiary/aromatic N) is 1. The second-order valence-corrected chi connectivity index (χ2v) is 3.60. The first-order chi connectivity index (χ1) is 7.61. The smallest absolute Gasteiger partial charge is 0.330 e. The van der Waals surface area contributed by atoms with E-state index in [0.717, 1.165) is 10.6 Å². The van der Waals surface area contributed by atoms with Crippen LogP contribution in [0.5, 0.6) is 0 Å². The van der Waals surface area contributed by atoms with Crippen molar-refractivity contribution in [3.63, 3.8) is 0 Å². The van der Waals surface area contributed by atoms with E-state index in [1.54, 1.807) is 0 Å². The van der Waals surface area contributed by atoms with Crippen molar-refractivity contribution in [1.82, 2.24) is 9.55 Å². The van der Waals surface area contributed by atoms with Crippen molar-refractivity contribution >= 4 is 0 Å². The maximum Gasteiger partial charge on any atom is 0.330 e. The lowest BCUT2D eigenvalue weighted by molar-refractivity contribution is -0.0394. The van der Waals surface area contributed by atoms with Gasteiger partial charge in [-0.2, -0.15) is 0 Å². The largest absolute Gasteiger partial charge is 0.394 e. The Morgan fingerprint density at radius 1 is 1.62 bits per heavy atom. The van der Waals surface area contributed by atoms with Crippen LogP contribution in [-0.4, -0.2) is 33.5 Å². The van der Waals surface area contributed by atoms with Crippen LogP contribution >= 0.6 is 0 Å². The summed E-state index contributed by atoms with van der Waals surface area (Å²) in [6.45, 7) is -0.297. The van der Waals surface area contributed by atoms with Crippen molar-refractivity contribution in [2.24, 2.45) is 0 Å². The van der Waals surface area contributed by atoms with E-state index in [4.69, 9.17) is 9.84 Å². The van der Waals surface area contributed by atoms with Crippen LogP contribution in [0.2, 0.25) is 0 Å². The van der Waals surface area contributed by atoms with Gasteiger partial charge in [0.25, 0.3) is 5.56 Å². The Morgan fingerprint density at radius 2 is 2.38 bits per heavy atom. The van der Waals surface area contributed by atoms with E-state index >= 15 is 0 Å². The van der Waals surface area contributed by atoms with E-state index in [2.05, 4.69) is 0 Å². The van der Waals surface area contributed by atoms with Crippen molar-refractivity contribution < 1.29 is 14.2 Å². The van der Waals surface area contributed by atoms with Gasteiger partial charge in [0.1, 0.15) is 6.17 Å². The van der Waals surface area contributed by atoms with Crippen LogP contribution in [-0.2, 0) is 4.74 Å². The topological polar surface area (TPSA) is 84.3 Å². The lowest BCUT2D eigenvalue weighted by Gasteiger charge is -2.15. The van der Waals surface area contributed by atoms with Crippen LogP contribution in [0.1, 0.15) is 12.6 Å². The van der Waals surface area contributed by atoms with Gasteiger partial charge in [-0.25, -0.2) is 9.18 Å². The van der Waals surface area contributed by atoms with Crippen molar-refractivity contribution in [2.45, 2.75) is 24.9 Å². The normalized spacial score (nSPS) is 29.5. The van der Waals surface area contributed by atoms with Gasteiger partial charge < -0.3 is 9.84 Å². The minimum absolute atomic E-state index is 0.0345. The van der Waals surface area contributed by atoms with Crippen LogP contribution < -0.4 is 11.2 Å². The van der Waals surface area contributed by atoms with Gasteiger partial charge in [-0.05, 0) is 0 Å². The summed E-state index contributed by atoms with van der Waals surface area (Å²) in [6, 6.07) is 1.11. The molecule has 0 radical (unpaired) electrons.